The third-order valence-electron chi connectivity index (χ3n) is 2.99. The van der Waals surface area contributed by atoms with E-state index in [9.17, 15) is 15.0 Å². The molecule has 0 amide bonds. The van der Waals surface area contributed by atoms with Crippen LogP contribution in [0, 0.1) is 0 Å². The van der Waals surface area contributed by atoms with Crippen LogP contribution < -0.4 is 0 Å². The van der Waals surface area contributed by atoms with Crippen molar-refractivity contribution < 1.29 is 19.7 Å². The van der Waals surface area contributed by atoms with Crippen LogP contribution in [0.5, 0.6) is 0 Å². The van der Waals surface area contributed by atoms with Crippen molar-refractivity contribution in [2.45, 2.75) is 25.6 Å². The van der Waals surface area contributed by atoms with E-state index in [4.69, 9.17) is 4.74 Å². The molecule has 0 radical (unpaired) electrons. The second-order valence-corrected chi connectivity index (χ2v) is 4.31. The minimum absolute atomic E-state index is 0.226. The number of H-pyrrole nitrogens is 1. The normalized spacial score (nSPS) is 14.3. The van der Waals surface area contributed by atoms with Crippen LogP contribution in [-0.4, -0.2) is 33.9 Å². The maximum absolute atomic E-state index is 11.3. The molecule has 1 aromatic heterocycles. The number of aliphatic hydroxyl groups is 2. The highest BCUT2D eigenvalue weighted by molar-refractivity contribution is 5.83. The average molecular weight is 263 g/mol. The van der Waals surface area contributed by atoms with E-state index in [0.29, 0.717) is 5.56 Å². The van der Waals surface area contributed by atoms with Gasteiger partial charge in [0.1, 0.15) is 6.10 Å². The van der Waals surface area contributed by atoms with Crippen LogP contribution in [0.1, 0.15) is 25.0 Å². The number of carbonyl (C=O) groups is 1. The monoisotopic (exact) mass is 263 g/mol. The number of ether oxygens (including phenoxy) is 1. The third-order valence-corrected chi connectivity index (χ3v) is 2.99. The summed E-state index contributed by atoms with van der Waals surface area (Å²) in [6.07, 6.45) is -0.766. The summed E-state index contributed by atoms with van der Waals surface area (Å²) < 4.78 is 4.75. The molecule has 0 saturated carbocycles. The van der Waals surface area contributed by atoms with Crippen molar-refractivity contribution in [2.75, 3.05) is 6.61 Å². The number of nitrogens with one attached hydrogen (secondary N) is 1. The molecule has 0 aliphatic carbocycles. The molecule has 0 aliphatic heterocycles. The quantitative estimate of drug-likeness (QED) is 0.714. The first-order valence-electron chi connectivity index (χ1n) is 6.21. The second-order valence-electron chi connectivity index (χ2n) is 4.31. The lowest BCUT2D eigenvalue weighted by atomic mass is 9.99. The summed E-state index contributed by atoms with van der Waals surface area (Å²) in [4.78, 5) is 14.3. The van der Waals surface area contributed by atoms with Crippen LogP contribution in [0.15, 0.2) is 30.5 Å². The number of hydrogen-bond donors (Lipinski definition) is 3. The van der Waals surface area contributed by atoms with E-state index in [1.165, 1.54) is 0 Å². The molecule has 1 aromatic carbocycles. The molecule has 5 heteroatoms. The maximum Gasteiger partial charge on any atom is 0.308 e. The van der Waals surface area contributed by atoms with Gasteiger partial charge in [-0.2, -0.15) is 0 Å². The zero-order chi connectivity index (χ0) is 13.8. The van der Waals surface area contributed by atoms with Gasteiger partial charge in [-0.25, -0.2) is 0 Å². The number of esters is 1. The van der Waals surface area contributed by atoms with E-state index in [0.717, 1.165) is 10.9 Å². The number of aromatic amines is 1. The van der Waals surface area contributed by atoms with Gasteiger partial charge >= 0.3 is 5.97 Å². The van der Waals surface area contributed by atoms with Gasteiger partial charge in [0.05, 0.1) is 19.1 Å². The predicted molar refractivity (Wildman–Crippen MR) is 70.5 cm³/mol. The van der Waals surface area contributed by atoms with E-state index in [2.05, 4.69) is 4.98 Å². The van der Waals surface area contributed by atoms with Crippen molar-refractivity contribution >= 4 is 16.9 Å². The standard InChI is InChI=1S/C14H17NO4/c1-2-19-13(17)8-12(16)14(18)10-4-3-5-11-9(10)6-7-15-11/h3-7,12,14-16,18H,2,8H2,1H3. The lowest BCUT2D eigenvalue weighted by Gasteiger charge is -2.18. The summed E-state index contributed by atoms with van der Waals surface area (Å²) in [6.45, 7) is 1.95. The Kier molecular flexibility index (Phi) is 4.19. The molecule has 2 rings (SSSR count). The Morgan fingerprint density at radius 2 is 2.16 bits per heavy atom. The summed E-state index contributed by atoms with van der Waals surface area (Å²) >= 11 is 0. The number of fused-ring (bicyclic) bond motifs is 1. The van der Waals surface area contributed by atoms with Crippen LogP contribution in [0.4, 0.5) is 0 Å². The van der Waals surface area contributed by atoms with Crippen LogP contribution in [0.2, 0.25) is 0 Å². The maximum atomic E-state index is 11.3. The lowest BCUT2D eigenvalue weighted by molar-refractivity contribution is -0.147. The Bertz CT molecular complexity index is 563. The summed E-state index contributed by atoms with van der Waals surface area (Å²) in [7, 11) is 0. The molecule has 0 bridgehead atoms. The van der Waals surface area contributed by atoms with Gasteiger partial charge in [-0.3, -0.25) is 4.79 Å². The fraction of sp³-hybridized carbons (Fsp3) is 0.357. The number of hydrogen-bond acceptors (Lipinski definition) is 4. The zero-order valence-electron chi connectivity index (χ0n) is 10.7. The SMILES string of the molecule is CCOC(=O)CC(O)C(O)c1cccc2[nH]ccc12. The van der Waals surface area contributed by atoms with Gasteiger partial charge < -0.3 is 19.9 Å². The topological polar surface area (TPSA) is 82.6 Å². The second kappa shape index (κ2) is 5.86. The molecule has 102 valence electrons. The Morgan fingerprint density at radius 3 is 2.89 bits per heavy atom. The first-order chi connectivity index (χ1) is 9.13. The lowest BCUT2D eigenvalue weighted by Crippen LogP contribution is -2.23. The highest BCUT2D eigenvalue weighted by atomic mass is 16.5. The van der Waals surface area contributed by atoms with E-state index in [1.807, 2.05) is 12.1 Å². The molecule has 0 aliphatic rings. The first-order valence-corrected chi connectivity index (χ1v) is 6.21. The predicted octanol–water partition coefficient (Wildman–Crippen LogP) is 1.52. The van der Waals surface area contributed by atoms with E-state index in [-0.39, 0.29) is 13.0 Å². The van der Waals surface area contributed by atoms with E-state index in [1.54, 1.807) is 25.3 Å². The third kappa shape index (κ3) is 2.94. The first kappa shape index (κ1) is 13.6. The number of rotatable bonds is 5. The van der Waals surface area contributed by atoms with Gasteiger partial charge in [0, 0.05) is 17.1 Å². The van der Waals surface area contributed by atoms with Crippen molar-refractivity contribution in [3.05, 3.63) is 36.0 Å². The van der Waals surface area contributed by atoms with Crippen LogP contribution in [0.3, 0.4) is 0 Å². The molecule has 0 fully saturated rings. The van der Waals surface area contributed by atoms with Gasteiger partial charge in [0.25, 0.3) is 0 Å². The van der Waals surface area contributed by atoms with Crippen LogP contribution in [-0.2, 0) is 9.53 Å². The van der Waals surface area contributed by atoms with Gasteiger partial charge in [-0.15, -0.1) is 0 Å². The van der Waals surface area contributed by atoms with Crippen LogP contribution in [0.25, 0.3) is 10.9 Å². The minimum Gasteiger partial charge on any atom is -0.466 e. The Labute approximate surface area is 110 Å². The van der Waals surface area contributed by atoms with Crippen molar-refractivity contribution in [1.29, 1.82) is 0 Å². The Morgan fingerprint density at radius 1 is 1.37 bits per heavy atom. The smallest absolute Gasteiger partial charge is 0.308 e. The number of aliphatic hydroxyl groups excluding tert-OH is 2. The van der Waals surface area contributed by atoms with Gasteiger partial charge in [-0.1, -0.05) is 12.1 Å². The molecule has 2 aromatic rings. The summed E-state index contributed by atoms with van der Waals surface area (Å²) in [6, 6.07) is 7.22. The summed E-state index contributed by atoms with van der Waals surface area (Å²) in [5, 5.41) is 20.9. The Hall–Kier alpha value is -1.85. The highest BCUT2D eigenvalue weighted by Gasteiger charge is 2.23. The van der Waals surface area contributed by atoms with Crippen molar-refractivity contribution in [3.63, 3.8) is 0 Å². The highest BCUT2D eigenvalue weighted by Crippen LogP contribution is 2.26. The Balaban J connectivity index is 2.16. The molecule has 5 nitrogen and oxygen atoms in total. The fourth-order valence-corrected chi connectivity index (χ4v) is 2.08. The average Bonchev–Trinajstić information content (AvgIpc) is 2.86. The molecule has 2 atom stereocenters. The molecule has 0 saturated heterocycles. The molecule has 19 heavy (non-hydrogen) atoms. The molecular weight excluding hydrogens is 246 g/mol. The number of aromatic nitrogens is 1. The largest absolute Gasteiger partial charge is 0.466 e. The van der Waals surface area contributed by atoms with Gasteiger partial charge in [-0.05, 0) is 24.6 Å². The van der Waals surface area contributed by atoms with Gasteiger partial charge in [0.2, 0.25) is 0 Å². The van der Waals surface area contributed by atoms with Crippen molar-refractivity contribution in [3.8, 4) is 0 Å². The fourth-order valence-electron chi connectivity index (χ4n) is 2.08. The van der Waals surface area contributed by atoms with Crippen molar-refractivity contribution in [2.24, 2.45) is 0 Å². The molecule has 1 heterocycles. The van der Waals surface area contributed by atoms with E-state index < -0.39 is 18.2 Å². The molecule has 3 N–H and O–H groups in total. The van der Waals surface area contributed by atoms with Gasteiger partial charge in [0.15, 0.2) is 0 Å². The van der Waals surface area contributed by atoms with Crippen molar-refractivity contribution in [1.82, 2.24) is 4.98 Å². The summed E-state index contributed by atoms with van der Waals surface area (Å²) in [5.41, 5.74) is 1.47. The molecule has 0 spiro atoms. The molecule has 2 unspecified atom stereocenters. The summed E-state index contributed by atoms with van der Waals surface area (Å²) in [5.74, 6) is -0.518. The van der Waals surface area contributed by atoms with Crippen LogP contribution >= 0.6 is 0 Å². The van der Waals surface area contributed by atoms with E-state index >= 15 is 0 Å². The molecular formula is C14H17NO4. The minimum atomic E-state index is -1.18. The number of benzene rings is 1. The number of carbonyl (C=O) groups excluding carboxylic acids is 1. The zero-order valence-corrected chi connectivity index (χ0v) is 10.7.